The van der Waals surface area contributed by atoms with Gasteiger partial charge in [-0.1, -0.05) is 12.2 Å². The summed E-state index contributed by atoms with van der Waals surface area (Å²) in [7, 11) is 1.71. The van der Waals surface area contributed by atoms with E-state index in [4.69, 9.17) is 9.47 Å². The number of fused-ring (bicyclic) bond motifs is 2. The summed E-state index contributed by atoms with van der Waals surface area (Å²) in [4.78, 5) is 3.54. The van der Waals surface area contributed by atoms with E-state index in [9.17, 15) is 0 Å². The number of nitrogens with one attached hydrogen (secondary N) is 2. The molecule has 2 bridgehead atoms. The third kappa shape index (κ3) is 3.91. The highest BCUT2D eigenvalue weighted by atomic mass is 16.5. The van der Waals surface area contributed by atoms with Crippen LogP contribution in [0.15, 0.2) is 30.4 Å². The minimum absolute atomic E-state index is 0.674. The zero-order valence-electron chi connectivity index (χ0n) is 16.3. The molecule has 1 heterocycles. The highest BCUT2D eigenvalue weighted by Crippen LogP contribution is 2.42. The van der Waals surface area contributed by atoms with Gasteiger partial charge in [0, 0.05) is 11.5 Å². The SMILES string of the molecule is CCOc1cc(C[NH+]2CC[NH+](C[C@H]3C[C@H]4C=C[C@H]3C4)CC2)ccc1OC. The quantitative estimate of drug-likeness (QED) is 0.698. The van der Waals surface area contributed by atoms with Crippen molar-refractivity contribution in [3.05, 3.63) is 35.9 Å². The third-order valence-corrected chi connectivity index (χ3v) is 6.61. The second-order valence-electron chi connectivity index (χ2n) is 8.34. The molecule has 2 fully saturated rings. The predicted molar refractivity (Wildman–Crippen MR) is 103 cm³/mol. The number of quaternary nitrogens is 2. The molecule has 1 saturated heterocycles. The minimum atomic E-state index is 0.674. The molecule has 4 heteroatoms. The first kappa shape index (κ1) is 17.9. The molecule has 0 unspecified atom stereocenters. The van der Waals surface area contributed by atoms with Gasteiger partial charge in [-0.3, -0.25) is 0 Å². The van der Waals surface area contributed by atoms with Crippen LogP contribution in [-0.4, -0.2) is 46.4 Å². The molecule has 1 saturated carbocycles. The molecule has 3 atom stereocenters. The largest absolute Gasteiger partial charge is 0.493 e. The number of methoxy groups -OCH3 is 1. The van der Waals surface area contributed by atoms with Gasteiger partial charge in [-0.25, -0.2) is 0 Å². The maximum Gasteiger partial charge on any atom is 0.161 e. The van der Waals surface area contributed by atoms with Crippen LogP contribution in [0.1, 0.15) is 25.3 Å². The van der Waals surface area contributed by atoms with E-state index in [0.717, 1.165) is 35.8 Å². The standard InChI is InChI=1S/C22H32N2O2/c1-3-26-22-14-18(5-7-21(22)25-2)15-23-8-10-24(11-9-23)16-20-13-17-4-6-19(20)12-17/h4-7,14,17,19-20H,3,8-13,15-16H2,1-2H3/p+2/t17-,19-,20+/m0/s1. The predicted octanol–water partition coefficient (Wildman–Crippen LogP) is 0.590. The Morgan fingerprint density at radius 3 is 2.46 bits per heavy atom. The Labute approximate surface area is 157 Å². The van der Waals surface area contributed by atoms with Gasteiger partial charge in [0.15, 0.2) is 11.5 Å². The van der Waals surface area contributed by atoms with Gasteiger partial charge < -0.3 is 19.3 Å². The molecule has 2 aliphatic carbocycles. The van der Waals surface area contributed by atoms with Crippen LogP contribution in [0.25, 0.3) is 0 Å². The highest BCUT2D eigenvalue weighted by Gasteiger charge is 2.38. The van der Waals surface area contributed by atoms with Gasteiger partial charge >= 0.3 is 0 Å². The maximum absolute atomic E-state index is 5.73. The van der Waals surface area contributed by atoms with Crippen LogP contribution >= 0.6 is 0 Å². The number of hydrogen-bond donors (Lipinski definition) is 2. The Kier molecular flexibility index (Phi) is 5.51. The van der Waals surface area contributed by atoms with Crippen molar-refractivity contribution in [1.29, 1.82) is 0 Å². The molecule has 26 heavy (non-hydrogen) atoms. The number of ether oxygens (including phenoxy) is 2. The van der Waals surface area contributed by atoms with E-state index in [-0.39, 0.29) is 0 Å². The second-order valence-corrected chi connectivity index (χ2v) is 8.34. The summed E-state index contributed by atoms with van der Waals surface area (Å²) in [5, 5.41) is 0. The van der Waals surface area contributed by atoms with E-state index in [2.05, 4.69) is 24.3 Å². The molecular weight excluding hydrogens is 324 g/mol. The number of piperazine rings is 1. The van der Waals surface area contributed by atoms with Crippen molar-refractivity contribution in [2.24, 2.45) is 17.8 Å². The lowest BCUT2D eigenvalue weighted by molar-refractivity contribution is -1.02. The summed E-state index contributed by atoms with van der Waals surface area (Å²) in [5.41, 5.74) is 1.35. The summed E-state index contributed by atoms with van der Waals surface area (Å²) in [5.74, 6) is 4.47. The average molecular weight is 359 g/mol. The van der Waals surface area contributed by atoms with E-state index in [0.29, 0.717) is 6.61 Å². The number of rotatable bonds is 7. The van der Waals surface area contributed by atoms with Crippen LogP contribution in [0, 0.1) is 17.8 Å². The fraction of sp³-hybridized carbons (Fsp3) is 0.636. The van der Waals surface area contributed by atoms with Crippen LogP contribution in [0.2, 0.25) is 0 Å². The summed E-state index contributed by atoms with van der Waals surface area (Å²) in [6.45, 7) is 10.4. The number of hydrogen-bond acceptors (Lipinski definition) is 2. The molecule has 0 radical (unpaired) electrons. The van der Waals surface area contributed by atoms with Crippen LogP contribution in [0.4, 0.5) is 0 Å². The van der Waals surface area contributed by atoms with Gasteiger partial charge in [0.1, 0.15) is 32.7 Å². The molecule has 1 aliphatic heterocycles. The van der Waals surface area contributed by atoms with E-state index in [1.54, 1.807) is 12.0 Å². The Balaban J connectivity index is 1.27. The van der Waals surface area contributed by atoms with Crippen molar-refractivity contribution >= 4 is 0 Å². The first-order valence-electron chi connectivity index (χ1n) is 10.4. The summed E-state index contributed by atoms with van der Waals surface area (Å²) in [6, 6.07) is 6.40. The highest BCUT2D eigenvalue weighted by molar-refractivity contribution is 5.42. The average Bonchev–Trinajstić information content (AvgIpc) is 3.27. The van der Waals surface area contributed by atoms with Crippen LogP contribution in [0.3, 0.4) is 0 Å². The lowest BCUT2D eigenvalue weighted by atomic mass is 9.93. The van der Waals surface area contributed by atoms with Crippen molar-refractivity contribution in [2.45, 2.75) is 26.3 Å². The maximum atomic E-state index is 5.73. The Bertz CT molecular complexity index is 637. The molecule has 0 spiro atoms. The van der Waals surface area contributed by atoms with Crippen LogP contribution < -0.4 is 19.3 Å². The molecular formula is C22H34N2O2+2. The lowest BCUT2D eigenvalue weighted by Crippen LogP contribution is -3.27. The van der Waals surface area contributed by atoms with Gasteiger partial charge in [0.05, 0.1) is 20.3 Å². The third-order valence-electron chi connectivity index (χ3n) is 6.61. The fourth-order valence-corrected chi connectivity index (χ4v) is 5.23. The Morgan fingerprint density at radius 1 is 1.00 bits per heavy atom. The monoisotopic (exact) mass is 358 g/mol. The van der Waals surface area contributed by atoms with Crippen molar-refractivity contribution in [2.75, 3.05) is 46.4 Å². The normalized spacial score (nSPS) is 32.8. The first-order valence-corrected chi connectivity index (χ1v) is 10.4. The van der Waals surface area contributed by atoms with E-state index in [1.807, 2.05) is 17.9 Å². The first-order chi connectivity index (χ1) is 12.7. The van der Waals surface area contributed by atoms with Crippen molar-refractivity contribution in [3.63, 3.8) is 0 Å². The van der Waals surface area contributed by atoms with Crippen molar-refractivity contribution < 1.29 is 19.3 Å². The van der Waals surface area contributed by atoms with Crippen molar-refractivity contribution in [1.82, 2.24) is 0 Å². The van der Waals surface area contributed by atoms with Gasteiger partial charge in [-0.2, -0.15) is 0 Å². The molecule has 142 valence electrons. The minimum Gasteiger partial charge on any atom is -0.493 e. The second kappa shape index (κ2) is 8.01. The molecule has 1 aromatic carbocycles. The smallest absolute Gasteiger partial charge is 0.161 e. The van der Waals surface area contributed by atoms with Gasteiger partial charge in [-0.15, -0.1) is 0 Å². The Morgan fingerprint density at radius 2 is 1.81 bits per heavy atom. The molecule has 1 aromatic rings. The Hall–Kier alpha value is -1.52. The van der Waals surface area contributed by atoms with Crippen LogP contribution in [0.5, 0.6) is 11.5 Å². The van der Waals surface area contributed by atoms with Gasteiger partial charge in [-0.05, 0) is 49.8 Å². The molecule has 3 aliphatic rings. The molecule has 0 amide bonds. The molecule has 4 nitrogen and oxygen atoms in total. The number of allylic oxidation sites excluding steroid dienone is 2. The zero-order chi connectivity index (χ0) is 17.9. The molecule has 2 N–H and O–H groups in total. The number of benzene rings is 1. The van der Waals surface area contributed by atoms with E-state index >= 15 is 0 Å². The molecule has 0 aromatic heterocycles. The van der Waals surface area contributed by atoms with Gasteiger partial charge in [0.25, 0.3) is 0 Å². The lowest BCUT2D eigenvalue weighted by Gasteiger charge is -2.32. The summed E-state index contributed by atoms with van der Waals surface area (Å²) < 4.78 is 11.1. The fourth-order valence-electron chi connectivity index (χ4n) is 5.23. The summed E-state index contributed by atoms with van der Waals surface area (Å²) in [6.07, 6.45) is 7.85. The van der Waals surface area contributed by atoms with E-state index < -0.39 is 0 Å². The van der Waals surface area contributed by atoms with Crippen molar-refractivity contribution in [3.8, 4) is 11.5 Å². The summed E-state index contributed by atoms with van der Waals surface area (Å²) >= 11 is 0. The zero-order valence-corrected chi connectivity index (χ0v) is 16.3. The molecule has 4 rings (SSSR count). The van der Waals surface area contributed by atoms with Crippen LogP contribution in [-0.2, 0) is 6.54 Å². The van der Waals surface area contributed by atoms with Gasteiger partial charge in [0.2, 0.25) is 0 Å². The van der Waals surface area contributed by atoms with E-state index in [1.165, 1.54) is 51.1 Å². The topological polar surface area (TPSA) is 27.3 Å².